The van der Waals surface area contributed by atoms with Crippen LogP contribution in [0.25, 0.3) is 10.8 Å². The fraction of sp³-hybridized carbons (Fsp3) is 0.273. The van der Waals surface area contributed by atoms with E-state index >= 15 is 0 Å². The number of hydrogen-bond acceptors (Lipinski definition) is 1. The minimum absolute atomic E-state index is 0.0659. The fourth-order valence-electron chi connectivity index (χ4n) is 3.19. The molecule has 0 aromatic heterocycles. The van der Waals surface area contributed by atoms with Gasteiger partial charge in [0.15, 0.2) is 0 Å². The van der Waals surface area contributed by atoms with Crippen molar-refractivity contribution in [2.24, 2.45) is 0 Å². The fourth-order valence-corrected chi connectivity index (χ4v) is 3.19. The standard InChI is InChI=1S/C22H24O/c1-15-12-16(14-20(21(15)23)22(2,3)4)13-18-10-7-9-17-8-5-6-11-19(17)18/h5-12,14,23H,13H2,1-4H3. The second-order valence-electron chi connectivity index (χ2n) is 7.37. The van der Waals surface area contributed by atoms with Gasteiger partial charge in [0.05, 0.1) is 0 Å². The van der Waals surface area contributed by atoms with Crippen LogP contribution in [0.5, 0.6) is 5.75 Å². The third kappa shape index (κ3) is 3.10. The van der Waals surface area contributed by atoms with Crippen LogP contribution in [0.4, 0.5) is 0 Å². The number of phenols is 1. The van der Waals surface area contributed by atoms with Gasteiger partial charge >= 0.3 is 0 Å². The van der Waals surface area contributed by atoms with E-state index in [9.17, 15) is 5.11 Å². The number of aromatic hydroxyl groups is 1. The Labute approximate surface area is 138 Å². The van der Waals surface area contributed by atoms with Crippen molar-refractivity contribution in [2.45, 2.75) is 39.5 Å². The summed E-state index contributed by atoms with van der Waals surface area (Å²) in [6.07, 6.45) is 0.881. The second kappa shape index (κ2) is 5.73. The van der Waals surface area contributed by atoms with E-state index in [1.165, 1.54) is 21.9 Å². The van der Waals surface area contributed by atoms with E-state index in [0.717, 1.165) is 17.5 Å². The minimum atomic E-state index is -0.0659. The maximum atomic E-state index is 10.4. The Morgan fingerprint density at radius 3 is 2.35 bits per heavy atom. The molecule has 1 heteroatoms. The highest BCUT2D eigenvalue weighted by Crippen LogP contribution is 2.35. The van der Waals surface area contributed by atoms with Crippen molar-refractivity contribution in [1.29, 1.82) is 0 Å². The summed E-state index contributed by atoms with van der Waals surface area (Å²) in [5.74, 6) is 0.430. The summed E-state index contributed by atoms with van der Waals surface area (Å²) >= 11 is 0. The minimum Gasteiger partial charge on any atom is -0.507 e. The Morgan fingerprint density at radius 1 is 0.913 bits per heavy atom. The predicted molar refractivity (Wildman–Crippen MR) is 98.3 cm³/mol. The first-order chi connectivity index (χ1) is 10.9. The molecule has 3 rings (SSSR count). The van der Waals surface area contributed by atoms with Crippen molar-refractivity contribution < 1.29 is 5.11 Å². The van der Waals surface area contributed by atoms with Crippen LogP contribution in [0.3, 0.4) is 0 Å². The molecule has 118 valence electrons. The first-order valence-corrected chi connectivity index (χ1v) is 8.16. The maximum Gasteiger partial charge on any atom is 0.122 e. The number of phenolic OH excluding ortho intramolecular Hbond substituents is 1. The van der Waals surface area contributed by atoms with Crippen molar-refractivity contribution in [3.05, 3.63) is 76.9 Å². The molecule has 23 heavy (non-hydrogen) atoms. The number of rotatable bonds is 2. The number of fused-ring (bicyclic) bond motifs is 1. The van der Waals surface area contributed by atoms with E-state index in [4.69, 9.17) is 0 Å². The molecule has 0 unspecified atom stereocenters. The largest absolute Gasteiger partial charge is 0.507 e. The van der Waals surface area contributed by atoms with Crippen LogP contribution in [-0.4, -0.2) is 5.11 Å². The lowest BCUT2D eigenvalue weighted by Crippen LogP contribution is -2.12. The van der Waals surface area contributed by atoms with Gasteiger partial charge in [-0.05, 0) is 51.8 Å². The van der Waals surface area contributed by atoms with Crippen LogP contribution in [-0.2, 0) is 11.8 Å². The summed E-state index contributed by atoms with van der Waals surface area (Å²) in [6, 6.07) is 19.2. The van der Waals surface area contributed by atoms with Crippen molar-refractivity contribution in [1.82, 2.24) is 0 Å². The molecule has 0 spiro atoms. The molecule has 0 amide bonds. The van der Waals surface area contributed by atoms with Gasteiger partial charge in [-0.15, -0.1) is 0 Å². The highest BCUT2D eigenvalue weighted by Gasteiger charge is 2.20. The summed E-state index contributed by atoms with van der Waals surface area (Å²) in [4.78, 5) is 0. The van der Waals surface area contributed by atoms with Crippen molar-refractivity contribution in [3.8, 4) is 5.75 Å². The summed E-state index contributed by atoms with van der Waals surface area (Å²) in [5, 5.41) is 13.0. The van der Waals surface area contributed by atoms with Crippen LogP contribution < -0.4 is 0 Å². The van der Waals surface area contributed by atoms with Gasteiger partial charge in [0.1, 0.15) is 5.75 Å². The SMILES string of the molecule is Cc1cc(Cc2cccc3ccccc23)cc(C(C)(C)C)c1O. The first-order valence-electron chi connectivity index (χ1n) is 8.16. The van der Waals surface area contributed by atoms with Gasteiger partial charge in [0.25, 0.3) is 0 Å². The average Bonchev–Trinajstić information content (AvgIpc) is 2.50. The average molecular weight is 304 g/mol. The second-order valence-corrected chi connectivity index (χ2v) is 7.37. The zero-order valence-corrected chi connectivity index (χ0v) is 14.4. The molecule has 1 N–H and O–H groups in total. The third-order valence-electron chi connectivity index (χ3n) is 4.44. The molecule has 0 radical (unpaired) electrons. The van der Waals surface area contributed by atoms with E-state index in [-0.39, 0.29) is 5.41 Å². The Kier molecular flexibility index (Phi) is 3.89. The number of hydrogen-bond donors (Lipinski definition) is 1. The maximum absolute atomic E-state index is 10.4. The van der Waals surface area contributed by atoms with E-state index < -0.39 is 0 Å². The predicted octanol–water partition coefficient (Wildman–Crippen LogP) is 5.74. The molecule has 0 fully saturated rings. The van der Waals surface area contributed by atoms with Gasteiger partial charge in [-0.1, -0.05) is 75.4 Å². The van der Waals surface area contributed by atoms with Crippen molar-refractivity contribution in [3.63, 3.8) is 0 Å². The molecule has 0 heterocycles. The highest BCUT2D eigenvalue weighted by molar-refractivity contribution is 5.85. The molecule has 0 aliphatic heterocycles. The van der Waals surface area contributed by atoms with Crippen LogP contribution in [0.2, 0.25) is 0 Å². The van der Waals surface area contributed by atoms with E-state index in [2.05, 4.69) is 75.4 Å². The number of aryl methyl sites for hydroxylation is 1. The van der Waals surface area contributed by atoms with Crippen LogP contribution in [0, 0.1) is 6.92 Å². The molecular weight excluding hydrogens is 280 g/mol. The van der Waals surface area contributed by atoms with Crippen molar-refractivity contribution in [2.75, 3.05) is 0 Å². The lowest BCUT2D eigenvalue weighted by Gasteiger charge is -2.23. The molecule has 0 bridgehead atoms. The van der Waals surface area contributed by atoms with E-state index in [1.807, 2.05) is 6.92 Å². The molecule has 0 atom stereocenters. The summed E-state index contributed by atoms with van der Waals surface area (Å²) in [5.41, 5.74) is 4.49. The van der Waals surface area contributed by atoms with Gasteiger partial charge < -0.3 is 5.11 Å². The van der Waals surface area contributed by atoms with Crippen LogP contribution in [0.1, 0.15) is 43.0 Å². The molecule has 0 saturated carbocycles. The molecule has 0 saturated heterocycles. The Morgan fingerprint density at radius 2 is 1.61 bits per heavy atom. The lowest BCUT2D eigenvalue weighted by atomic mass is 9.83. The highest BCUT2D eigenvalue weighted by atomic mass is 16.3. The topological polar surface area (TPSA) is 20.2 Å². The zero-order valence-electron chi connectivity index (χ0n) is 14.4. The zero-order chi connectivity index (χ0) is 16.6. The number of benzene rings is 3. The molecule has 3 aromatic rings. The summed E-state index contributed by atoms with van der Waals surface area (Å²) in [7, 11) is 0. The smallest absolute Gasteiger partial charge is 0.122 e. The third-order valence-corrected chi connectivity index (χ3v) is 4.44. The summed E-state index contributed by atoms with van der Waals surface area (Å²) in [6.45, 7) is 8.41. The molecule has 0 aliphatic rings. The van der Waals surface area contributed by atoms with Gasteiger partial charge in [-0.25, -0.2) is 0 Å². The Bertz CT molecular complexity index is 848. The molecule has 1 nitrogen and oxygen atoms in total. The lowest BCUT2D eigenvalue weighted by molar-refractivity contribution is 0.442. The molecule has 3 aromatic carbocycles. The van der Waals surface area contributed by atoms with Gasteiger partial charge in [0, 0.05) is 0 Å². The first kappa shape index (κ1) is 15.6. The normalized spacial score (nSPS) is 11.8. The summed E-state index contributed by atoms with van der Waals surface area (Å²) < 4.78 is 0. The molecule has 0 aliphatic carbocycles. The van der Waals surface area contributed by atoms with Gasteiger partial charge in [-0.3, -0.25) is 0 Å². The van der Waals surface area contributed by atoms with E-state index in [0.29, 0.717) is 5.75 Å². The molecular formula is C22H24O. The van der Waals surface area contributed by atoms with Crippen LogP contribution >= 0.6 is 0 Å². The van der Waals surface area contributed by atoms with Gasteiger partial charge in [-0.2, -0.15) is 0 Å². The van der Waals surface area contributed by atoms with Crippen molar-refractivity contribution >= 4 is 10.8 Å². The van der Waals surface area contributed by atoms with Gasteiger partial charge in [0.2, 0.25) is 0 Å². The Hall–Kier alpha value is -2.28. The van der Waals surface area contributed by atoms with E-state index in [1.54, 1.807) is 0 Å². The van der Waals surface area contributed by atoms with Crippen LogP contribution in [0.15, 0.2) is 54.6 Å². The Balaban J connectivity index is 2.08. The monoisotopic (exact) mass is 304 g/mol. The quantitative estimate of drug-likeness (QED) is 0.640.